The van der Waals surface area contributed by atoms with E-state index in [1.165, 1.54) is 11.1 Å². The Morgan fingerprint density at radius 3 is 2.71 bits per heavy atom. The van der Waals surface area contributed by atoms with Crippen LogP contribution in [0.3, 0.4) is 0 Å². The number of rotatable bonds is 6. The third kappa shape index (κ3) is 4.22. The Hall–Kier alpha value is -2.03. The van der Waals surface area contributed by atoms with E-state index in [0.717, 1.165) is 23.7 Å². The highest BCUT2D eigenvalue weighted by molar-refractivity contribution is 5.43. The lowest BCUT2D eigenvalue weighted by Crippen LogP contribution is -2.03. The van der Waals surface area contributed by atoms with Crippen LogP contribution in [0.2, 0.25) is 0 Å². The summed E-state index contributed by atoms with van der Waals surface area (Å²) < 4.78 is 6.01. The molecule has 0 aliphatic heterocycles. The monoisotopic (exact) mass is 284 g/mol. The average Bonchev–Trinajstić information content (AvgIpc) is 2.45. The van der Waals surface area contributed by atoms with E-state index in [2.05, 4.69) is 56.2 Å². The van der Waals surface area contributed by atoms with Crippen molar-refractivity contribution in [3.63, 3.8) is 0 Å². The molecule has 1 aromatic heterocycles. The van der Waals surface area contributed by atoms with Gasteiger partial charge in [-0.05, 0) is 49.1 Å². The SMILES string of the molecule is CCNc1ccnc(COc2cc(C)ccc2C(C)C)c1. The van der Waals surface area contributed by atoms with Crippen LogP contribution in [0.1, 0.15) is 43.5 Å². The van der Waals surface area contributed by atoms with Gasteiger partial charge in [-0.2, -0.15) is 0 Å². The second-order valence-corrected chi connectivity index (χ2v) is 5.55. The molecule has 0 fully saturated rings. The fraction of sp³-hybridized carbons (Fsp3) is 0.389. The first-order valence-electron chi connectivity index (χ1n) is 7.52. The lowest BCUT2D eigenvalue weighted by Gasteiger charge is -2.15. The van der Waals surface area contributed by atoms with E-state index in [1.807, 2.05) is 18.3 Å². The second-order valence-electron chi connectivity index (χ2n) is 5.55. The van der Waals surface area contributed by atoms with Crippen LogP contribution in [-0.4, -0.2) is 11.5 Å². The predicted octanol–water partition coefficient (Wildman–Crippen LogP) is 4.52. The van der Waals surface area contributed by atoms with Crippen LogP contribution in [0.25, 0.3) is 0 Å². The maximum Gasteiger partial charge on any atom is 0.130 e. The summed E-state index contributed by atoms with van der Waals surface area (Å²) >= 11 is 0. The molecule has 1 aromatic carbocycles. The second kappa shape index (κ2) is 7.11. The lowest BCUT2D eigenvalue weighted by molar-refractivity contribution is 0.297. The van der Waals surface area contributed by atoms with Gasteiger partial charge in [0.25, 0.3) is 0 Å². The van der Waals surface area contributed by atoms with E-state index < -0.39 is 0 Å². The Morgan fingerprint density at radius 1 is 1.19 bits per heavy atom. The first-order valence-corrected chi connectivity index (χ1v) is 7.52. The molecule has 1 heterocycles. The Balaban J connectivity index is 2.12. The lowest BCUT2D eigenvalue weighted by atomic mass is 10.0. The number of ether oxygens (including phenoxy) is 1. The maximum absolute atomic E-state index is 6.01. The predicted molar refractivity (Wildman–Crippen MR) is 88.0 cm³/mol. The van der Waals surface area contributed by atoms with Crippen molar-refractivity contribution in [3.05, 3.63) is 53.3 Å². The van der Waals surface area contributed by atoms with Crippen molar-refractivity contribution < 1.29 is 4.74 Å². The summed E-state index contributed by atoms with van der Waals surface area (Å²) in [4.78, 5) is 4.37. The zero-order valence-electron chi connectivity index (χ0n) is 13.3. The zero-order chi connectivity index (χ0) is 15.2. The number of nitrogens with zero attached hydrogens (tertiary/aromatic N) is 1. The van der Waals surface area contributed by atoms with E-state index in [4.69, 9.17) is 4.74 Å². The summed E-state index contributed by atoms with van der Waals surface area (Å²) in [5.74, 6) is 1.40. The fourth-order valence-corrected chi connectivity index (χ4v) is 2.27. The summed E-state index contributed by atoms with van der Waals surface area (Å²) in [5.41, 5.74) is 4.47. The quantitative estimate of drug-likeness (QED) is 0.846. The van der Waals surface area contributed by atoms with E-state index in [1.54, 1.807) is 0 Å². The van der Waals surface area contributed by atoms with Crippen molar-refractivity contribution in [2.75, 3.05) is 11.9 Å². The largest absolute Gasteiger partial charge is 0.487 e. The van der Waals surface area contributed by atoms with Crippen LogP contribution in [0.15, 0.2) is 36.5 Å². The standard InChI is InChI=1S/C18H24N2O/c1-5-19-15-8-9-20-16(11-15)12-21-18-10-14(4)6-7-17(18)13(2)3/h6-11,13H,5,12H2,1-4H3,(H,19,20). The van der Waals surface area contributed by atoms with Gasteiger partial charge in [-0.3, -0.25) is 4.98 Å². The van der Waals surface area contributed by atoms with Gasteiger partial charge in [-0.15, -0.1) is 0 Å². The zero-order valence-corrected chi connectivity index (χ0v) is 13.3. The van der Waals surface area contributed by atoms with Crippen molar-refractivity contribution in [2.45, 2.75) is 40.2 Å². The van der Waals surface area contributed by atoms with Crippen molar-refractivity contribution in [2.24, 2.45) is 0 Å². The smallest absolute Gasteiger partial charge is 0.130 e. The average molecular weight is 284 g/mol. The molecule has 2 aromatic rings. The van der Waals surface area contributed by atoms with Crippen molar-refractivity contribution in [1.82, 2.24) is 4.98 Å². The van der Waals surface area contributed by atoms with E-state index in [-0.39, 0.29) is 0 Å². The molecule has 21 heavy (non-hydrogen) atoms. The molecule has 0 spiro atoms. The minimum atomic E-state index is 0.446. The maximum atomic E-state index is 6.01. The molecule has 0 radical (unpaired) electrons. The molecule has 0 saturated carbocycles. The van der Waals surface area contributed by atoms with Crippen LogP contribution in [0, 0.1) is 6.92 Å². The van der Waals surface area contributed by atoms with Crippen LogP contribution in [0.5, 0.6) is 5.75 Å². The van der Waals surface area contributed by atoms with Crippen LogP contribution in [-0.2, 0) is 6.61 Å². The summed E-state index contributed by atoms with van der Waals surface area (Å²) in [7, 11) is 0. The Bertz CT molecular complexity index is 594. The Morgan fingerprint density at radius 2 is 2.00 bits per heavy atom. The van der Waals surface area contributed by atoms with Crippen LogP contribution in [0.4, 0.5) is 5.69 Å². The third-order valence-electron chi connectivity index (χ3n) is 3.36. The topological polar surface area (TPSA) is 34.2 Å². The molecule has 0 amide bonds. The number of benzene rings is 1. The highest BCUT2D eigenvalue weighted by Gasteiger charge is 2.08. The molecule has 0 saturated heterocycles. The fourth-order valence-electron chi connectivity index (χ4n) is 2.27. The molecule has 0 unspecified atom stereocenters. The molecular formula is C18H24N2O. The molecule has 112 valence electrons. The number of anilines is 1. The van der Waals surface area contributed by atoms with Gasteiger partial charge in [0.05, 0.1) is 5.69 Å². The molecule has 3 heteroatoms. The third-order valence-corrected chi connectivity index (χ3v) is 3.36. The van der Waals surface area contributed by atoms with Crippen LogP contribution >= 0.6 is 0 Å². The van der Waals surface area contributed by atoms with Gasteiger partial charge in [-0.25, -0.2) is 0 Å². The minimum Gasteiger partial charge on any atom is -0.487 e. The number of hydrogen-bond donors (Lipinski definition) is 1. The van der Waals surface area contributed by atoms with Gasteiger partial charge in [0.1, 0.15) is 12.4 Å². The highest BCUT2D eigenvalue weighted by Crippen LogP contribution is 2.28. The van der Waals surface area contributed by atoms with Gasteiger partial charge < -0.3 is 10.1 Å². The first kappa shape index (κ1) is 15.4. The number of hydrogen-bond acceptors (Lipinski definition) is 3. The van der Waals surface area contributed by atoms with E-state index in [9.17, 15) is 0 Å². The molecule has 1 N–H and O–H groups in total. The van der Waals surface area contributed by atoms with Gasteiger partial charge in [0, 0.05) is 18.4 Å². The van der Waals surface area contributed by atoms with Gasteiger partial charge in [-0.1, -0.05) is 26.0 Å². The summed E-state index contributed by atoms with van der Waals surface area (Å²) in [6.45, 7) is 9.92. The van der Waals surface area contributed by atoms with Crippen LogP contribution < -0.4 is 10.1 Å². The van der Waals surface area contributed by atoms with Crippen molar-refractivity contribution >= 4 is 5.69 Å². The number of nitrogens with one attached hydrogen (secondary N) is 1. The molecule has 0 aliphatic carbocycles. The summed E-state index contributed by atoms with van der Waals surface area (Å²) in [6.07, 6.45) is 1.82. The molecule has 2 rings (SSSR count). The van der Waals surface area contributed by atoms with Crippen molar-refractivity contribution in [3.8, 4) is 5.75 Å². The molecular weight excluding hydrogens is 260 g/mol. The van der Waals surface area contributed by atoms with Gasteiger partial charge >= 0.3 is 0 Å². The molecule has 3 nitrogen and oxygen atoms in total. The molecule has 0 atom stereocenters. The molecule has 0 bridgehead atoms. The Kier molecular flexibility index (Phi) is 5.20. The van der Waals surface area contributed by atoms with Crippen molar-refractivity contribution in [1.29, 1.82) is 0 Å². The normalized spacial score (nSPS) is 10.7. The number of aromatic nitrogens is 1. The Labute approximate surface area is 127 Å². The summed E-state index contributed by atoms with van der Waals surface area (Å²) in [6, 6.07) is 10.4. The van der Waals surface area contributed by atoms with E-state index in [0.29, 0.717) is 12.5 Å². The first-order chi connectivity index (χ1) is 10.1. The highest BCUT2D eigenvalue weighted by atomic mass is 16.5. The summed E-state index contributed by atoms with van der Waals surface area (Å²) in [5, 5.41) is 3.29. The number of aryl methyl sites for hydroxylation is 1. The minimum absolute atomic E-state index is 0.446. The van der Waals surface area contributed by atoms with Gasteiger partial charge in [0.2, 0.25) is 0 Å². The van der Waals surface area contributed by atoms with Gasteiger partial charge in [0.15, 0.2) is 0 Å². The number of pyridine rings is 1. The molecule has 0 aliphatic rings. The van der Waals surface area contributed by atoms with E-state index >= 15 is 0 Å².